The minimum absolute atomic E-state index is 0.166. The van der Waals surface area contributed by atoms with E-state index in [4.69, 9.17) is 9.47 Å². The van der Waals surface area contributed by atoms with Crippen LogP contribution in [0.5, 0.6) is 11.5 Å². The van der Waals surface area contributed by atoms with Crippen molar-refractivity contribution < 1.29 is 14.3 Å². The van der Waals surface area contributed by atoms with E-state index in [9.17, 15) is 4.79 Å². The molecule has 0 saturated carbocycles. The van der Waals surface area contributed by atoms with E-state index < -0.39 is 0 Å². The number of benzene rings is 1. The third-order valence-electron chi connectivity index (χ3n) is 3.37. The number of hydrogen-bond donors (Lipinski definition) is 0. The lowest BCUT2D eigenvalue weighted by molar-refractivity contribution is 0.0968. The molecule has 3 heteroatoms. The summed E-state index contributed by atoms with van der Waals surface area (Å²) >= 11 is 0. The predicted octanol–water partition coefficient (Wildman–Crippen LogP) is 4.00. The first-order chi connectivity index (χ1) is 9.33. The summed E-state index contributed by atoms with van der Waals surface area (Å²) in [5, 5.41) is 0. The minimum Gasteiger partial charge on any atom is -0.486 e. The maximum atomic E-state index is 12.2. The highest BCUT2D eigenvalue weighted by molar-refractivity contribution is 5.99. The fraction of sp³-hybridized carbons (Fsp3) is 0.562. The molecule has 2 rings (SSSR count). The number of unbranched alkanes of at least 4 members (excludes halogenated alkanes) is 4. The van der Waals surface area contributed by atoms with Crippen molar-refractivity contribution in [3.8, 4) is 11.5 Å². The molecule has 0 amide bonds. The molecule has 19 heavy (non-hydrogen) atoms. The van der Waals surface area contributed by atoms with Crippen LogP contribution >= 0.6 is 0 Å². The van der Waals surface area contributed by atoms with Gasteiger partial charge in [0.1, 0.15) is 13.2 Å². The van der Waals surface area contributed by atoms with Crippen LogP contribution in [0.25, 0.3) is 0 Å². The Morgan fingerprint density at radius 2 is 1.89 bits per heavy atom. The van der Waals surface area contributed by atoms with Crippen molar-refractivity contribution in [2.45, 2.75) is 45.4 Å². The quantitative estimate of drug-likeness (QED) is 0.550. The number of rotatable bonds is 7. The highest BCUT2D eigenvalue weighted by Crippen LogP contribution is 2.34. The van der Waals surface area contributed by atoms with Crippen molar-refractivity contribution in [1.29, 1.82) is 0 Å². The summed E-state index contributed by atoms with van der Waals surface area (Å²) < 4.78 is 11.1. The maximum Gasteiger partial charge on any atom is 0.172 e. The van der Waals surface area contributed by atoms with Crippen LogP contribution in [-0.2, 0) is 0 Å². The van der Waals surface area contributed by atoms with Gasteiger partial charge in [0.05, 0.1) is 5.56 Å². The van der Waals surface area contributed by atoms with E-state index in [1.807, 2.05) is 18.2 Å². The van der Waals surface area contributed by atoms with Crippen molar-refractivity contribution in [1.82, 2.24) is 0 Å². The number of para-hydroxylation sites is 1. The van der Waals surface area contributed by atoms with E-state index in [0.29, 0.717) is 36.7 Å². The molecule has 1 heterocycles. The Morgan fingerprint density at radius 3 is 2.74 bits per heavy atom. The van der Waals surface area contributed by atoms with E-state index in [1.165, 1.54) is 19.3 Å². The normalized spacial score (nSPS) is 13.3. The van der Waals surface area contributed by atoms with E-state index in [2.05, 4.69) is 6.92 Å². The first-order valence-corrected chi connectivity index (χ1v) is 7.24. The average Bonchev–Trinajstić information content (AvgIpc) is 2.46. The lowest BCUT2D eigenvalue weighted by Gasteiger charge is -2.20. The summed E-state index contributed by atoms with van der Waals surface area (Å²) in [4.78, 5) is 12.2. The molecule has 3 nitrogen and oxygen atoms in total. The molecule has 0 N–H and O–H groups in total. The Bertz CT molecular complexity index is 426. The van der Waals surface area contributed by atoms with Crippen LogP contribution in [0.15, 0.2) is 18.2 Å². The van der Waals surface area contributed by atoms with Gasteiger partial charge in [-0.25, -0.2) is 0 Å². The van der Waals surface area contributed by atoms with E-state index in [-0.39, 0.29) is 5.78 Å². The van der Waals surface area contributed by atoms with Crippen LogP contribution in [-0.4, -0.2) is 19.0 Å². The second kappa shape index (κ2) is 7.17. The Hall–Kier alpha value is -1.51. The third-order valence-corrected chi connectivity index (χ3v) is 3.37. The van der Waals surface area contributed by atoms with Gasteiger partial charge in [-0.2, -0.15) is 0 Å². The first kappa shape index (κ1) is 13.9. The van der Waals surface area contributed by atoms with Gasteiger partial charge in [0, 0.05) is 6.42 Å². The average molecular weight is 262 g/mol. The monoisotopic (exact) mass is 262 g/mol. The third kappa shape index (κ3) is 3.72. The summed E-state index contributed by atoms with van der Waals surface area (Å²) in [6, 6.07) is 5.55. The zero-order valence-corrected chi connectivity index (χ0v) is 11.6. The summed E-state index contributed by atoms with van der Waals surface area (Å²) in [6.07, 6.45) is 6.40. The molecule has 0 radical (unpaired) electrons. The fourth-order valence-corrected chi connectivity index (χ4v) is 2.32. The highest BCUT2D eigenvalue weighted by Gasteiger charge is 2.19. The predicted molar refractivity (Wildman–Crippen MR) is 75.1 cm³/mol. The maximum absolute atomic E-state index is 12.2. The Kier molecular flexibility index (Phi) is 5.25. The molecular weight excluding hydrogens is 240 g/mol. The number of fused-ring (bicyclic) bond motifs is 1. The van der Waals surface area contributed by atoms with Crippen LogP contribution < -0.4 is 9.47 Å². The lowest BCUT2D eigenvalue weighted by atomic mass is 10.0. The fourth-order valence-electron chi connectivity index (χ4n) is 2.32. The molecule has 1 aliphatic rings. The molecule has 1 aliphatic heterocycles. The molecular formula is C16H22O3. The van der Waals surface area contributed by atoms with Crippen LogP contribution in [0.1, 0.15) is 55.8 Å². The van der Waals surface area contributed by atoms with Crippen LogP contribution in [0, 0.1) is 0 Å². The molecule has 0 unspecified atom stereocenters. The molecule has 0 spiro atoms. The molecule has 0 saturated heterocycles. The lowest BCUT2D eigenvalue weighted by Crippen LogP contribution is -2.17. The number of ketones is 1. The molecule has 0 aliphatic carbocycles. The molecule has 0 fully saturated rings. The van der Waals surface area contributed by atoms with Crippen molar-refractivity contribution in [3.05, 3.63) is 23.8 Å². The summed E-state index contributed by atoms with van der Waals surface area (Å²) in [5.74, 6) is 1.49. The van der Waals surface area contributed by atoms with Crippen LogP contribution in [0.3, 0.4) is 0 Å². The Morgan fingerprint density at radius 1 is 1.11 bits per heavy atom. The van der Waals surface area contributed by atoms with Crippen molar-refractivity contribution in [2.75, 3.05) is 13.2 Å². The van der Waals surface area contributed by atoms with Gasteiger partial charge in [0.15, 0.2) is 17.3 Å². The molecule has 0 atom stereocenters. The van der Waals surface area contributed by atoms with Crippen LogP contribution in [0.2, 0.25) is 0 Å². The Labute approximate surface area is 114 Å². The van der Waals surface area contributed by atoms with Crippen molar-refractivity contribution in [3.63, 3.8) is 0 Å². The van der Waals surface area contributed by atoms with Gasteiger partial charge in [-0.15, -0.1) is 0 Å². The van der Waals surface area contributed by atoms with E-state index in [1.54, 1.807) is 0 Å². The van der Waals surface area contributed by atoms with Gasteiger partial charge in [-0.3, -0.25) is 4.79 Å². The Balaban J connectivity index is 1.92. The highest BCUT2D eigenvalue weighted by atomic mass is 16.6. The second-order valence-corrected chi connectivity index (χ2v) is 4.92. The van der Waals surface area contributed by atoms with Gasteiger partial charge in [0.2, 0.25) is 0 Å². The zero-order valence-electron chi connectivity index (χ0n) is 11.6. The molecule has 1 aromatic rings. The molecule has 104 valence electrons. The van der Waals surface area contributed by atoms with Crippen molar-refractivity contribution in [2.24, 2.45) is 0 Å². The topological polar surface area (TPSA) is 35.5 Å². The number of ether oxygens (including phenoxy) is 2. The second-order valence-electron chi connectivity index (χ2n) is 4.92. The van der Waals surface area contributed by atoms with Gasteiger partial charge in [-0.05, 0) is 18.6 Å². The van der Waals surface area contributed by atoms with Gasteiger partial charge < -0.3 is 9.47 Å². The summed E-state index contributed by atoms with van der Waals surface area (Å²) in [5.41, 5.74) is 0.674. The number of hydrogen-bond acceptors (Lipinski definition) is 3. The standard InChI is InChI=1S/C16H22O3/c1-2-3-4-5-6-9-14(17)13-8-7-10-15-16(13)19-12-11-18-15/h7-8,10H,2-6,9,11-12H2,1H3. The smallest absolute Gasteiger partial charge is 0.172 e. The van der Waals surface area contributed by atoms with Crippen LogP contribution in [0.4, 0.5) is 0 Å². The zero-order chi connectivity index (χ0) is 13.5. The largest absolute Gasteiger partial charge is 0.486 e. The van der Waals surface area contributed by atoms with E-state index >= 15 is 0 Å². The number of Topliss-reactive ketones (excluding diaryl/α,β-unsaturated/α-hetero) is 1. The number of carbonyl (C=O) groups is 1. The van der Waals surface area contributed by atoms with Gasteiger partial charge in [-0.1, -0.05) is 38.7 Å². The van der Waals surface area contributed by atoms with Crippen molar-refractivity contribution >= 4 is 5.78 Å². The molecule has 0 bridgehead atoms. The first-order valence-electron chi connectivity index (χ1n) is 7.24. The summed E-state index contributed by atoms with van der Waals surface area (Å²) in [7, 11) is 0. The number of carbonyl (C=O) groups excluding carboxylic acids is 1. The van der Waals surface area contributed by atoms with Gasteiger partial charge in [0.25, 0.3) is 0 Å². The molecule has 1 aromatic carbocycles. The van der Waals surface area contributed by atoms with E-state index in [0.717, 1.165) is 12.8 Å². The molecule has 0 aromatic heterocycles. The summed E-state index contributed by atoms with van der Waals surface area (Å²) in [6.45, 7) is 3.27. The SMILES string of the molecule is CCCCCCCC(=O)c1cccc2c1OCCO2. The van der Waals surface area contributed by atoms with Gasteiger partial charge >= 0.3 is 0 Å². The minimum atomic E-state index is 0.166.